The number of nitrogens with zero attached hydrogens (tertiary/aromatic N) is 2. The van der Waals surface area contributed by atoms with Gasteiger partial charge < -0.3 is 15.2 Å². The average molecular weight is 426 g/mol. The zero-order chi connectivity index (χ0) is 21.3. The number of fused-ring (bicyclic) bond motifs is 1. The molecule has 1 heterocycles. The van der Waals surface area contributed by atoms with Gasteiger partial charge in [-0.15, -0.1) is 5.54 Å². The molecule has 2 aromatic carbocycles. The second-order valence-corrected chi connectivity index (χ2v) is 12.9. The van der Waals surface area contributed by atoms with Gasteiger partial charge in [-0.25, -0.2) is 9.97 Å². The fraction of sp³-hybridized carbons (Fsp3) is 0.273. The Labute approximate surface area is 177 Å². The molecule has 0 saturated heterocycles. The Morgan fingerprint density at radius 1 is 1.03 bits per heavy atom. The number of hydrogen-bond acceptors (Lipinski definition) is 5. The van der Waals surface area contributed by atoms with E-state index in [0.29, 0.717) is 39.1 Å². The van der Waals surface area contributed by atoms with Gasteiger partial charge in [-0.2, -0.15) is 0 Å². The first-order valence-electron chi connectivity index (χ1n) is 9.16. The molecule has 150 valence electrons. The van der Waals surface area contributed by atoms with Crippen LogP contribution in [0.4, 0.5) is 5.82 Å². The van der Waals surface area contributed by atoms with Crippen molar-refractivity contribution in [3.8, 4) is 34.4 Å². The van der Waals surface area contributed by atoms with Crippen LogP contribution in [0.3, 0.4) is 0 Å². The second kappa shape index (κ2) is 7.94. The molecule has 0 radical (unpaired) electrons. The highest BCUT2D eigenvalue weighted by molar-refractivity contribution is 6.83. The van der Waals surface area contributed by atoms with Gasteiger partial charge in [0, 0.05) is 22.6 Å². The Kier molecular flexibility index (Phi) is 5.74. The molecule has 29 heavy (non-hydrogen) atoms. The van der Waals surface area contributed by atoms with Crippen LogP contribution in [0, 0.1) is 18.4 Å². The van der Waals surface area contributed by atoms with Crippen molar-refractivity contribution in [2.75, 3.05) is 20.0 Å². The molecule has 5 nitrogen and oxygen atoms in total. The molecule has 0 aliphatic carbocycles. The van der Waals surface area contributed by atoms with E-state index in [1.807, 2.05) is 19.1 Å². The van der Waals surface area contributed by atoms with Crippen LogP contribution >= 0.6 is 11.6 Å². The van der Waals surface area contributed by atoms with E-state index >= 15 is 0 Å². The third-order valence-corrected chi connectivity index (χ3v) is 5.64. The normalized spacial score (nSPS) is 11.1. The number of anilines is 1. The van der Waals surface area contributed by atoms with Crippen molar-refractivity contribution in [3.63, 3.8) is 0 Å². The Hall–Kier alpha value is -2.75. The van der Waals surface area contributed by atoms with Gasteiger partial charge in [-0.05, 0) is 30.7 Å². The van der Waals surface area contributed by atoms with Crippen molar-refractivity contribution in [2.45, 2.75) is 26.6 Å². The monoisotopic (exact) mass is 425 g/mol. The number of aromatic nitrogens is 2. The maximum absolute atomic E-state index is 6.43. The minimum atomic E-state index is -1.54. The summed E-state index contributed by atoms with van der Waals surface area (Å²) in [5, 5.41) is 1.33. The summed E-state index contributed by atoms with van der Waals surface area (Å²) in [7, 11) is 1.62. The van der Waals surface area contributed by atoms with Gasteiger partial charge >= 0.3 is 0 Å². The molecule has 2 N–H and O–H groups in total. The van der Waals surface area contributed by atoms with E-state index in [4.69, 9.17) is 31.8 Å². The van der Waals surface area contributed by atoms with Crippen LogP contribution < -0.4 is 15.2 Å². The minimum absolute atomic E-state index is 0.370. The van der Waals surface area contributed by atoms with E-state index in [9.17, 15) is 0 Å². The Bertz CT molecular complexity index is 1160. The highest BCUT2D eigenvalue weighted by Crippen LogP contribution is 2.35. The Morgan fingerprint density at radius 2 is 1.69 bits per heavy atom. The molecule has 3 rings (SSSR count). The summed E-state index contributed by atoms with van der Waals surface area (Å²) >= 11 is 6.43. The molecule has 0 bridgehead atoms. The summed E-state index contributed by atoms with van der Waals surface area (Å²) in [6.45, 7) is 8.57. The third-order valence-electron chi connectivity index (χ3n) is 4.45. The van der Waals surface area contributed by atoms with Gasteiger partial charge in [0.25, 0.3) is 0 Å². The number of benzene rings is 2. The Balaban J connectivity index is 2.22. The smallest absolute Gasteiger partial charge is 0.162 e. The summed E-state index contributed by atoms with van der Waals surface area (Å²) in [6, 6.07) is 7.31. The quantitative estimate of drug-likeness (QED) is 0.467. The maximum atomic E-state index is 6.43. The molecule has 0 spiro atoms. The van der Waals surface area contributed by atoms with E-state index in [0.717, 1.165) is 16.7 Å². The summed E-state index contributed by atoms with van der Waals surface area (Å²) in [5.74, 6) is 5.32. The molecule has 1 aromatic heterocycles. The van der Waals surface area contributed by atoms with Crippen LogP contribution in [-0.4, -0.2) is 32.3 Å². The lowest BCUT2D eigenvalue weighted by Gasteiger charge is -2.13. The van der Waals surface area contributed by atoms with E-state index in [1.54, 1.807) is 26.4 Å². The van der Waals surface area contributed by atoms with Gasteiger partial charge in [0.05, 0.1) is 24.8 Å². The minimum Gasteiger partial charge on any atom is -0.493 e. The molecule has 0 unspecified atom stereocenters. The zero-order valence-corrected chi connectivity index (χ0v) is 19.2. The van der Waals surface area contributed by atoms with Crippen LogP contribution in [-0.2, 0) is 0 Å². The summed E-state index contributed by atoms with van der Waals surface area (Å²) in [5.41, 5.74) is 12.9. The first-order chi connectivity index (χ1) is 13.6. The highest BCUT2D eigenvalue weighted by Gasteiger charge is 2.16. The molecule has 0 fully saturated rings. The molecule has 0 aliphatic rings. The van der Waals surface area contributed by atoms with E-state index in [2.05, 4.69) is 36.1 Å². The maximum Gasteiger partial charge on any atom is 0.162 e. The van der Waals surface area contributed by atoms with Crippen LogP contribution in [0.1, 0.15) is 11.1 Å². The lowest BCUT2D eigenvalue weighted by atomic mass is 10.0. The predicted octanol–water partition coefficient (Wildman–Crippen LogP) is 5.09. The molecular weight excluding hydrogens is 402 g/mol. The molecule has 3 aromatic rings. The van der Waals surface area contributed by atoms with Crippen molar-refractivity contribution in [2.24, 2.45) is 0 Å². The van der Waals surface area contributed by atoms with Crippen LogP contribution in [0.15, 0.2) is 24.3 Å². The number of ether oxygens (including phenoxy) is 2. The third kappa shape index (κ3) is 4.31. The number of methoxy groups -OCH3 is 2. The van der Waals surface area contributed by atoms with Gasteiger partial charge in [-0.1, -0.05) is 37.2 Å². The first-order valence-corrected chi connectivity index (χ1v) is 13.0. The van der Waals surface area contributed by atoms with Crippen molar-refractivity contribution in [1.82, 2.24) is 9.97 Å². The van der Waals surface area contributed by atoms with Crippen molar-refractivity contribution in [3.05, 3.63) is 40.4 Å². The van der Waals surface area contributed by atoms with Crippen LogP contribution in [0.5, 0.6) is 11.5 Å². The number of nitrogen functional groups attached to an aromatic ring is 1. The fourth-order valence-corrected chi connectivity index (χ4v) is 3.68. The standard InChI is InChI=1S/C22H24ClN3O2Si/c1-13-14(9-10-29(4,5)6)17(23)8-7-15(13)22-25-18-12-20(28-3)19(27-2)11-16(18)21(24)26-22/h7-8,11-12H,1-6H3,(H2,24,25,26). The van der Waals surface area contributed by atoms with Crippen LogP contribution in [0.2, 0.25) is 24.7 Å². The average Bonchev–Trinajstić information content (AvgIpc) is 2.66. The molecule has 0 aliphatic heterocycles. The van der Waals surface area contributed by atoms with Crippen LogP contribution in [0.25, 0.3) is 22.3 Å². The Morgan fingerprint density at radius 3 is 2.31 bits per heavy atom. The van der Waals surface area contributed by atoms with E-state index in [-0.39, 0.29) is 0 Å². The lowest BCUT2D eigenvalue weighted by Crippen LogP contribution is -2.16. The molecule has 7 heteroatoms. The van der Waals surface area contributed by atoms with Gasteiger partial charge in [0.1, 0.15) is 13.9 Å². The van der Waals surface area contributed by atoms with Gasteiger partial charge in [-0.3, -0.25) is 0 Å². The first kappa shape index (κ1) is 21.0. The summed E-state index contributed by atoms with van der Waals surface area (Å²) in [4.78, 5) is 9.25. The van der Waals surface area contributed by atoms with Gasteiger partial charge in [0.15, 0.2) is 17.3 Å². The van der Waals surface area contributed by atoms with Crippen molar-refractivity contribution < 1.29 is 9.47 Å². The zero-order valence-electron chi connectivity index (χ0n) is 17.5. The number of nitrogens with two attached hydrogens (primary N) is 1. The van der Waals surface area contributed by atoms with E-state index < -0.39 is 8.07 Å². The van der Waals surface area contributed by atoms with Crippen molar-refractivity contribution >= 4 is 36.4 Å². The molecule has 0 amide bonds. The van der Waals surface area contributed by atoms with Gasteiger partial charge in [0.2, 0.25) is 0 Å². The largest absolute Gasteiger partial charge is 0.493 e. The number of rotatable bonds is 3. The van der Waals surface area contributed by atoms with Crippen molar-refractivity contribution in [1.29, 1.82) is 0 Å². The second-order valence-electron chi connectivity index (χ2n) is 7.75. The number of halogens is 1. The summed E-state index contributed by atoms with van der Waals surface area (Å²) in [6.07, 6.45) is 0. The molecule has 0 saturated carbocycles. The number of hydrogen-bond donors (Lipinski definition) is 1. The predicted molar refractivity (Wildman–Crippen MR) is 122 cm³/mol. The highest BCUT2D eigenvalue weighted by atomic mass is 35.5. The molecule has 0 atom stereocenters. The van der Waals surface area contributed by atoms with E-state index in [1.165, 1.54) is 0 Å². The topological polar surface area (TPSA) is 70.3 Å². The fourth-order valence-electron chi connectivity index (χ4n) is 2.92. The SMILES string of the molecule is COc1cc2nc(-c3ccc(Cl)c(C#C[Si](C)(C)C)c3C)nc(N)c2cc1OC. The summed E-state index contributed by atoms with van der Waals surface area (Å²) < 4.78 is 10.7. The lowest BCUT2D eigenvalue weighted by molar-refractivity contribution is 0.356. The molecular formula is C22H24ClN3O2Si.